The molecular weight excluding hydrogens is 178 g/mol. The van der Waals surface area contributed by atoms with Crippen LogP contribution in [0, 0.1) is 5.41 Å². The van der Waals surface area contributed by atoms with Crippen molar-refractivity contribution in [2.75, 3.05) is 32.8 Å². The van der Waals surface area contributed by atoms with Gasteiger partial charge in [-0.15, -0.1) is 0 Å². The van der Waals surface area contributed by atoms with Crippen molar-refractivity contribution in [3.8, 4) is 0 Å². The zero-order chi connectivity index (χ0) is 9.65. The van der Waals surface area contributed by atoms with E-state index in [1.165, 1.54) is 25.7 Å². The molecule has 1 spiro atoms. The zero-order valence-corrected chi connectivity index (χ0v) is 8.67. The van der Waals surface area contributed by atoms with Crippen molar-refractivity contribution in [3.63, 3.8) is 0 Å². The highest BCUT2D eigenvalue weighted by atomic mass is 16.5. The van der Waals surface area contributed by atoms with Crippen LogP contribution in [-0.2, 0) is 4.74 Å². The van der Waals surface area contributed by atoms with Crippen LogP contribution in [-0.4, -0.2) is 48.5 Å². The summed E-state index contributed by atoms with van der Waals surface area (Å²) in [6.07, 6.45) is 4.92. The molecule has 3 aliphatic rings. The lowest BCUT2D eigenvalue weighted by atomic mass is 10.1. The number of hydrogen-bond donors (Lipinski definition) is 1. The Hall–Kier alpha value is -0.120. The number of rotatable bonds is 3. The lowest BCUT2D eigenvalue weighted by molar-refractivity contribution is -0.0536. The predicted molar refractivity (Wildman–Crippen MR) is 53.1 cm³/mol. The van der Waals surface area contributed by atoms with E-state index >= 15 is 0 Å². The number of nitrogens with zero attached hydrogens (tertiary/aromatic N) is 1. The van der Waals surface area contributed by atoms with Gasteiger partial charge in [0.1, 0.15) is 0 Å². The molecule has 1 aliphatic heterocycles. The molecule has 80 valence electrons. The summed E-state index contributed by atoms with van der Waals surface area (Å²) in [7, 11) is 0. The summed E-state index contributed by atoms with van der Waals surface area (Å²) in [6.45, 7) is 4.52. The van der Waals surface area contributed by atoms with Crippen molar-refractivity contribution in [1.82, 2.24) is 4.90 Å². The van der Waals surface area contributed by atoms with Gasteiger partial charge in [0.05, 0.1) is 12.2 Å². The summed E-state index contributed by atoms with van der Waals surface area (Å²) < 4.78 is 5.77. The first-order valence-corrected chi connectivity index (χ1v) is 5.73. The Kier molecular flexibility index (Phi) is 1.92. The van der Waals surface area contributed by atoms with E-state index in [0.717, 1.165) is 26.2 Å². The van der Waals surface area contributed by atoms with Crippen molar-refractivity contribution >= 4 is 0 Å². The van der Waals surface area contributed by atoms with Crippen LogP contribution in [0.5, 0.6) is 0 Å². The molecule has 0 bridgehead atoms. The van der Waals surface area contributed by atoms with E-state index in [1.807, 2.05) is 0 Å². The van der Waals surface area contributed by atoms with Crippen LogP contribution in [0.2, 0.25) is 0 Å². The molecule has 14 heavy (non-hydrogen) atoms. The summed E-state index contributed by atoms with van der Waals surface area (Å²) in [4.78, 5) is 2.50. The van der Waals surface area contributed by atoms with Crippen molar-refractivity contribution in [3.05, 3.63) is 0 Å². The predicted octanol–water partition coefficient (Wildman–Crippen LogP) is 0.624. The largest absolute Gasteiger partial charge is 0.396 e. The van der Waals surface area contributed by atoms with Crippen molar-refractivity contribution in [2.24, 2.45) is 5.41 Å². The number of aliphatic hydroxyl groups excluding tert-OH is 1. The molecule has 1 heterocycles. The quantitative estimate of drug-likeness (QED) is 0.720. The fourth-order valence-corrected chi connectivity index (χ4v) is 2.52. The van der Waals surface area contributed by atoms with Gasteiger partial charge >= 0.3 is 0 Å². The fourth-order valence-electron chi connectivity index (χ4n) is 2.52. The lowest BCUT2D eigenvalue weighted by Gasteiger charge is -2.35. The molecule has 1 N–H and O–H groups in total. The molecule has 0 aromatic carbocycles. The van der Waals surface area contributed by atoms with Gasteiger partial charge in [0, 0.05) is 31.7 Å². The molecule has 0 aromatic rings. The van der Waals surface area contributed by atoms with E-state index in [2.05, 4.69) is 4.90 Å². The number of ether oxygens (including phenoxy) is 1. The van der Waals surface area contributed by atoms with Crippen molar-refractivity contribution in [2.45, 2.75) is 31.3 Å². The third-order valence-corrected chi connectivity index (χ3v) is 3.99. The Bertz CT molecular complexity index is 233. The van der Waals surface area contributed by atoms with Crippen LogP contribution >= 0.6 is 0 Å². The number of morpholine rings is 1. The number of hydrogen-bond acceptors (Lipinski definition) is 3. The van der Waals surface area contributed by atoms with E-state index in [1.54, 1.807) is 0 Å². The Morgan fingerprint density at radius 3 is 2.57 bits per heavy atom. The molecule has 3 heteroatoms. The molecule has 3 nitrogen and oxygen atoms in total. The fraction of sp³-hybridized carbons (Fsp3) is 1.00. The summed E-state index contributed by atoms with van der Waals surface area (Å²) in [5.74, 6) is 0. The minimum atomic E-state index is 0.240. The monoisotopic (exact) mass is 197 g/mol. The molecule has 2 saturated carbocycles. The van der Waals surface area contributed by atoms with Gasteiger partial charge in [0.15, 0.2) is 0 Å². The standard InChI is InChI=1S/C11H19NO2/c13-9-10(1-2-10)7-12-5-6-14-11(8-12)3-4-11/h13H,1-9H2. The summed E-state index contributed by atoms with van der Waals surface area (Å²) in [5, 5.41) is 9.27. The van der Waals surface area contributed by atoms with Gasteiger partial charge in [0.25, 0.3) is 0 Å². The molecule has 0 radical (unpaired) electrons. The normalized spacial score (nSPS) is 33.2. The second-order valence-corrected chi connectivity index (χ2v) is 5.40. The third kappa shape index (κ3) is 1.58. The highest BCUT2D eigenvalue weighted by Gasteiger charge is 2.50. The van der Waals surface area contributed by atoms with Crippen LogP contribution in [0.3, 0.4) is 0 Å². The third-order valence-electron chi connectivity index (χ3n) is 3.99. The van der Waals surface area contributed by atoms with E-state index in [0.29, 0.717) is 6.61 Å². The Balaban J connectivity index is 1.57. The van der Waals surface area contributed by atoms with Crippen LogP contribution in [0.4, 0.5) is 0 Å². The molecule has 0 amide bonds. The van der Waals surface area contributed by atoms with Crippen LogP contribution in [0.1, 0.15) is 25.7 Å². The molecular formula is C11H19NO2. The van der Waals surface area contributed by atoms with Gasteiger partial charge in [-0.2, -0.15) is 0 Å². The molecule has 0 unspecified atom stereocenters. The van der Waals surface area contributed by atoms with E-state index < -0.39 is 0 Å². The molecule has 1 saturated heterocycles. The zero-order valence-electron chi connectivity index (χ0n) is 8.67. The van der Waals surface area contributed by atoms with Gasteiger partial charge < -0.3 is 9.84 Å². The Morgan fingerprint density at radius 2 is 2.00 bits per heavy atom. The maximum atomic E-state index is 9.27. The SMILES string of the molecule is OCC1(CN2CCOC3(CC3)C2)CC1. The summed E-state index contributed by atoms with van der Waals surface area (Å²) >= 11 is 0. The Morgan fingerprint density at radius 1 is 1.21 bits per heavy atom. The molecule has 0 aromatic heterocycles. The van der Waals surface area contributed by atoms with Crippen molar-refractivity contribution < 1.29 is 9.84 Å². The maximum absolute atomic E-state index is 9.27. The Labute approximate surface area is 85.0 Å². The van der Waals surface area contributed by atoms with Crippen molar-refractivity contribution in [1.29, 1.82) is 0 Å². The highest BCUT2D eigenvalue weighted by Crippen LogP contribution is 2.48. The molecule has 0 atom stereocenters. The average molecular weight is 197 g/mol. The van der Waals surface area contributed by atoms with Crippen LogP contribution in [0.15, 0.2) is 0 Å². The van der Waals surface area contributed by atoms with E-state index in [9.17, 15) is 5.11 Å². The smallest absolute Gasteiger partial charge is 0.0811 e. The molecule has 3 fully saturated rings. The van der Waals surface area contributed by atoms with Gasteiger partial charge in [0.2, 0.25) is 0 Å². The minimum Gasteiger partial charge on any atom is -0.396 e. The minimum absolute atomic E-state index is 0.240. The first kappa shape index (κ1) is 9.13. The van der Waals surface area contributed by atoms with E-state index in [-0.39, 0.29) is 11.0 Å². The van der Waals surface area contributed by atoms with E-state index in [4.69, 9.17) is 4.74 Å². The first-order valence-electron chi connectivity index (χ1n) is 5.73. The van der Waals surface area contributed by atoms with Gasteiger partial charge in [-0.25, -0.2) is 0 Å². The van der Waals surface area contributed by atoms with Gasteiger partial charge in [-0.05, 0) is 25.7 Å². The highest BCUT2D eigenvalue weighted by molar-refractivity contribution is 5.03. The second-order valence-electron chi connectivity index (χ2n) is 5.40. The van der Waals surface area contributed by atoms with Crippen LogP contribution in [0.25, 0.3) is 0 Å². The first-order chi connectivity index (χ1) is 6.76. The topological polar surface area (TPSA) is 32.7 Å². The van der Waals surface area contributed by atoms with Crippen LogP contribution < -0.4 is 0 Å². The van der Waals surface area contributed by atoms with Gasteiger partial charge in [-0.3, -0.25) is 4.90 Å². The molecule has 3 rings (SSSR count). The molecule has 2 aliphatic carbocycles. The second kappa shape index (κ2) is 2.94. The number of aliphatic hydroxyl groups is 1. The lowest BCUT2D eigenvalue weighted by Crippen LogP contribution is -2.46. The summed E-state index contributed by atoms with van der Waals surface area (Å²) in [5.41, 5.74) is 0.511. The maximum Gasteiger partial charge on any atom is 0.0811 e. The van der Waals surface area contributed by atoms with Gasteiger partial charge in [-0.1, -0.05) is 0 Å². The summed E-state index contributed by atoms with van der Waals surface area (Å²) in [6, 6.07) is 0. The average Bonchev–Trinajstić information content (AvgIpc) is 3.08.